The minimum absolute atomic E-state index is 0. The zero-order valence-corrected chi connectivity index (χ0v) is 19.8. The first-order valence-electron chi connectivity index (χ1n) is 10.1. The fourth-order valence-electron chi connectivity index (χ4n) is 3.49. The van der Waals surface area contributed by atoms with E-state index < -0.39 is 12.6 Å². The molecular weight excluding hydrogens is 494 g/mol. The SMILES string of the molecule is Br.O=C(O)COc1ccc(NC(=O)c2sc(C3CCNCC3)nc2-c2ccccc2)cc1. The summed E-state index contributed by atoms with van der Waals surface area (Å²) in [6.45, 7) is 1.51. The molecule has 0 atom stereocenters. The van der Waals surface area contributed by atoms with Crippen molar-refractivity contribution in [2.45, 2.75) is 18.8 Å². The van der Waals surface area contributed by atoms with Gasteiger partial charge < -0.3 is 20.5 Å². The molecular formula is C23H24BrN3O4S. The number of nitrogens with one attached hydrogen (secondary N) is 2. The zero-order valence-electron chi connectivity index (χ0n) is 17.2. The Bertz CT molecular complexity index is 1050. The third kappa shape index (κ3) is 5.93. The van der Waals surface area contributed by atoms with Gasteiger partial charge in [-0.1, -0.05) is 30.3 Å². The van der Waals surface area contributed by atoms with Crippen LogP contribution in [0, 0.1) is 0 Å². The molecule has 1 saturated heterocycles. The third-order valence-corrected chi connectivity index (χ3v) is 6.28. The monoisotopic (exact) mass is 517 g/mol. The molecule has 1 amide bonds. The van der Waals surface area contributed by atoms with Crippen LogP contribution in [0.5, 0.6) is 5.75 Å². The molecule has 4 rings (SSSR count). The van der Waals surface area contributed by atoms with E-state index in [0.717, 1.165) is 36.5 Å². The van der Waals surface area contributed by atoms with Gasteiger partial charge in [-0.05, 0) is 50.2 Å². The number of piperidine rings is 1. The van der Waals surface area contributed by atoms with Crippen molar-refractivity contribution in [3.8, 4) is 17.0 Å². The van der Waals surface area contributed by atoms with Crippen LogP contribution in [0.25, 0.3) is 11.3 Å². The summed E-state index contributed by atoms with van der Waals surface area (Å²) in [5.74, 6) is -0.464. The van der Waals surface area contributed by atoms with Crippen molar-refractivity contribution in [3.63, 3.8) is 0 Å². The van der Waals surface area contributed by atoms with E-state index in [4.69, 9.17) is 14.8 Å². The second kappa shape index (κ2) is 11.2. The van der Waals surface area contributed by atoms with Crippen LogP contribution in [0.15, 0.2) is 54.6 Å². The first-order chi connectivity index (χ1) is 15.1. The van der Waals surface area contributed by atoms with Crippen molar-refractivity contribution in [3.05, 3.63) is 64.5 Å². The molecule has 0 spiro atoms. The fraction of sp³-hybridized carbons (Fsp3) is 0.261. The number of carboxylic acid groups (broad SMARTS) is 1. The number of benzene rings is 2. The number of amides is 1. The summed E-state index contributed by atoms with van der Waals surface area (Å²) in [6.07, 6.45) is 2.03. The Morgan fingerprint density at radius 3 is 2.44 bits per heavy atom. The smallest absolute Gasteiger partial charge is 0.341 e. The van der Waals surface area contributed by atoms with E-state index in [1.807, 2.05) is 30.3 Å². The summed E-state index contributed by atoms with van der Waals surface area (Å²) in [5, 5.41) is 16.0. The fourth-order valence-corrected chi connectivity index (χ4v) is 4.65. The van der Waals surface area contributed by atoms with Crippen LogP contribution in [-0.2, 0) is 4.79 Å². The Balaban J connectivity index is 0.00000289. The van der Waals surface area contributed by atoms with E-state index >= 15 is 0 Å². The molecule has 1 fully saturated rings. The van der Waals surface area contributed by atoms with Crippen LogP contribution >= 0.6 is 28.3 Å². The number of carbonyl (C=O) groups excluding carboxylic acids is 1. The average Bonchev–Trinajstić information content (AvgIpc) is 3.25. The second-order valence-electron chi connectivity index (χ2n) is 7.28. The van der Waals surface area contributed by atoms with Crippen LogP contribution in [0.1, 0.15) is 33.4 Å². The van der Waals surface area contributed by atoms with Crippen molar-refractivity contribution in [2.75, 3.05) is 25.0 Å². The molecule has 3 aromatic rings. The number of hydrogen-bond acceptors (Lipinski definition) is 6. The number of halogens is 1. The molecule has 7 nitrogen and oxygen atoms in total. The standard InChI is InChI=1S/C23H23N3O4S.BrH/c27-19(28)14-30-18-8-6-17(7-9-18)25-22(29)21-20(15-4-2-1-3-5-15)26-23(31-21)16-10-12-24-13-11-16;/h1-9,16,24H,10-14H2,(H,25,29)(H,27,28);1H. The Labute approximate surface area is 200 Å². The van der Waals surface area contributed by atoms with E-state index in [2.05, 4.69) is 10.6 Å². The molecule has 9 heteroatoms. The number of nitrogens with zero attached hydrogens (tertiary/aromatic N) is 1. The molecule has 2 aromatic carbocycles. The van der Waals surface area contributed by atoms with E-state index in [1.54, 1.807) is 24.3 Å². The number of aliphatic carboxylic acids is 1. The number of thiazole rings is 1. The van der Waals surface area contributed by atoms with Gasteiger partial charge in [-0.3, -0.25) is 4.79 Å². The zero-order chi connectivity index (χ0) is 21.6. The predicted octanol–water partition coefficient (Wildman–Crippen LogP) is 4.57. The quantitative estimate of drug-likeness (QED) is 0.424. The molecule has 0 unspecified atom stereocenters. The van der Waals surface area contributed by atoms with Gasteiger partial charge in [-0.25, -0.2) is 9.78 Å². The van der Waals surface area contributed by atoms with Gasteiger partial charge in [0.15, 0.2) is 6.61 Å². The Morgan fingerprint density at radius 2 is 1.78 bits per heavy atom. The van der Waals surface area contributed by atoms with Gasteiger partial charge in [0.2, 0.25) is 0 Å². The highest BCUT2D eigenvalue weighted by molar-refractivity contribution is 8.93. The minimum atomic E-state index is -1.04. The molecule has 1 aliphatic heterocycles. The summed E-state index contributed by atoms with van der Waals surface area (Å²) in [5.41, 5.74) is 2.23. The van der Waals surface area contributed by atoms with Crippen LogP contribution in [0.2, 0.25) is 0 Å². The van der Waals surface area contributed by atoms with E-state index in [9.17, 15) is 9.59 Å². The number of carboxylic acids is 1. The third-order valence-electron chi connectivity index (χ3n) is 5.06. The van der Waals surface area contributed by atoms with Crippen LogP contribution in [-0.4, -0.2) is 41.7 Å². The first-order valence-corrected chi connectivity index (χ1v) is 10.9. The second-order valence-corrected chi connectivity index (χ2v) is 8.31. The maximum Gasteiger partial charge on any atom is 0.341 e. The number of carbonyl (C=O) groups is 2. The van der Waals surface area contributed by atoms with Crippen molar-refractivity contribution < 1.29 is 19.4 Å². The predicted molar refractivity (Wildman–Crippen MR) is 130 cm³/mol. The van der Waals surface area contributed by atoms with Gasteiger partial charge in [-0.2, -0.15) is 0 Å². The maximum absolute atomic E-state index is 13.1. The van der Waals surface area contributed by atoms with Crippen LogP contribution < -0.4 is 15.4 Å². The Hall–Kier alpha value is -2.75. The topological polar surface area (TPSA) is 101 Å². The van der Waals surface area contributed by atoms with Crippen molar-refractivity contribution in [2.24, 2.45) is 0 Å². The van der Waals surface area contributed by atoms with Gasteiger partial charge in [0.1, 0.15) is 10.6 Å². The van der Waals surface area contributed by atoms with Crippen molar-refractivity contribution >= 4 is 45.9 Å². The molecule has 3 N–H and O–H groups in total. The van der Waals surface area contributed by atoms with Gasteiger partial charge in [0.05, 0.1) is 10.7 Å². The van der Waals surface area contributed by atoms with Gasteiger partial charge in [0.25, 0.3) is 5.91 Å². The normalized spacial score (nSPS) is 13.8. The molecule has 0 radical (unpaired) electrons. The lowest BCUT2D eigenvalue weighted by atomic mass is 9.99. The molecule has 0 saturated carbocycles. The molecule has 0 aliphatic carbocycles. The van der Waals surface area contributed by atoms with E-state index in [-0.39, 0.29) is 22.9 Å². The van der Waals surface area contributed by atoms with E-state index in [1.165, 1.54) is 11.3 Å². The molecule has 1 aliphatic rings. The molecule has 32 heavy (non-hydrogen) atoms. The van der Waals surface area contributed by atoms with Crippen LogP contribution in [0.3, 0.4) is 0 Å². The maximum atomic E-state index is 13.1. The molecule has 168 valence electrons. The van der Waals surface area contributed by atoms with Crippen LogP contribution in [0.4, 0.5) is 5.69 Å². The summed E-state index contributed by atoms with van der Waals surface area (Å²) in [7, 11) is 0. The lowest BCUT2D eigenvalue weighted by Gasteiger charge is -2.20. The summed E-state index contributed by atoms with van der Waals surface area (Å²) < 4.78 is 5.13. The largest absolute Gasteiger partial charge is 0.482 e. The number of hydrogen-bond donors (Lipinski definition) is 3. The first kappa shape index (κ1) is 23.9. The lowest BCUT2D eigenvalue weighted by molar-refractivity contribution is -0.139. The highest BCUT2D eigenvalue weighted by Gasteiger charge is 2.25. The Morgan fingerprint density at radius 1 is 1.09 bits per heavy atom. The number of rotatable bonds is 7. The summed E-state index contributed by atoms with van der Waals surface area (Å²) in [6, 6.07) is 16.4. The molecule has 0 bridgehead atoms. The van der Waals surface area contributed by atoms with Gasteiger partial charge >= 0.3 is 5.97 Å². The molecule has 2 heterocycles. The van der Waals surface area contributed by atoms with Gasteiger partial charge in [0, 0.05) is 17.2 Å². The van der Waals surface area contributed by atoms with Crippen molar-refractivity contribution in [1.29, 1.82) is 0 Å². The number of ether oxygens (including phenoxy) is 1. The van der Waals surface area contributed by atoms with Crippen molar-refractivity contribution in [1.82, 2.24) is 10.3 Å². The number of aromatic nitrogens is 1. The Kier molecular flexibility index (Phi) is 8.38. The molecule has 1 aromatic heterocycles. The highest BCUT2D eigenvalue weighted by atomic mass is 79.9. The van der Waals surface area contributed by atoms with Gasteiger partial charge in [-0.15, -0.1) is 28.3 Å². The number of anilines is 1. The highest BCUT2D eigenvalue weighted by Crippen LogP contribution is 2.35. The lowest BCUT2D eigenvalue weighted by Crippen LogP contribution is -2.26. The average molecular weight is 518 g/mol. The summed E-state index contributed by atoms with van der Waals surface area (Å²) in [4.78, 5) is 29.2. The van der Waals surface area contributed by atoms with E-state index in [0.29, 0.717) is 27.9 Å². The minimum Gasteiger partial charge on any atom is -0.482 e. The summed E-state index contributed by atoms with van der Waals surface area (Å²) >= 11 is 1.46.